The molecule has 182 valence electrons. The van der Waals surface area contributed by atoms with Crippen molar-refractivity contribution in [3.05, 3.63) is 57.6 Å². The highest BCUT2D eigenvalue weighted by molar-refractivity contribution is 7.98. The molecule has 3 heterocycles. The van der Waals surface area contributed by atoms with Gasteiger partial charge in [0.15, 0.2) is 5.75 Å². The van der Waals surface area contributed by atoms with Crippen molar-refractivity contribution in [2.45, 2.75) is 24.9 Å². The molecule has 2 aromatic rings. The van der Waals surface area contributed by atoms with Crippen LogP contribution in [-0.2, 0) is 19.9 Å². The summed E-state index contributed by atoms with van der Waals surface area (Å²) in [6.45, 7) is 1.60. The number of aryl methyl sites for hydroxylation is 1. The van der Waals surface area contributed by atoms with Gasteiger partial charge in [-0.05, 0) is 37.0 Å². The molecular weight excluding hydrogens is 472 g/mol. The second kappa shape index (κ2) is 8.35. The van der Waals surface area contributed by atoms with E-state index in [-0.39, 0.29) is 23.0 Å². The van der Waals surface area contributed by atoms with Gasteiger partial charge in [0.2, 0.25) is 17.7 Å². The van der Waals surface area contributed by atoms with Gasteiger partial charge in [0.25, 0.3) is 0 Å². The zero-order valence-corrected chi connectivity index (χ0v) is 20.2. The summed E-state index contributed by atoms with van der Waals surface area (Å²) in [6.07, 6.45) is 2.55. The van der Waals surface area contributed by atoms with Gasteiger partial charge in [0.05, 0.1) is 29.6 Å². The first-order valence-corrected chi connectivity index (χ1v) is 12.5. The molecule has 3 amide bonds. The third-order valence-corrected chi connectivity index (χ3v) is 7.83. The van der Waals surface area contributed by atoms with Crippen LogP contribution in [-0.4, -0.2) is 47.8 Å². The van der Waals surface area contributed by atoms with E-state index in [1.807, 2.05) is 6.26 Å². The Morgan fingerprint density at radius 3 is 2.63 bits per heavy atom. The number of anilines is 2. The van der Waals surface area contributed by atoms with Gasteiger partial charge in [0.1, 0.15) is 5.54 Å². The number of fused-ring (bicyclic) bond motifs is 4. The number of ether oxygens (including phenoxy) is 1. The molecule has 2 N–H and O–H groups in total. The van der Waals surface area contributed by atoms with Crippen LogP contribution in [0.1, 0.15) is 17.5 Å². The lowest BCUT2D eigenvalue weighted by atomic mass is 9.76. The van der Waals surface area contributed by atoms with Gasteiger partial charge in [-0.15, -0.1) is 0 Å². The quantitative estimate of drug-likeness (QED) is 0.355. The van der Waals surface area contributed by atoms with E-state index in [0.717, 1.165) is 10.7 Å². The Labute approximate surface area is 205 Å². The second-order valence-corrected chi connectivity index (χ2v) is 9.91. The van der Waals surface area contributed by atoms with Gasteiger partial charge in [-0.1, -0.05) is 18.2 Å². The lowest BCUT2D eigenvalue weighted by Gasteiger charge is -2.30. The molecule has 1 spiro atoms. The molecule has 3 aliphatic rings. The van der Waals surface area contributed by atoms with Gasteiger partial charge < -0.3 is 10.1 Å². The number of hydrogen-bond acceptors (Lipinski definition) is 8. The van der Waals surface area contributed by atoms with Crippen LogP contribution in [0.15, 0.2) is 36.4 Å². The van der Waals surface area contributed by atoms with E-state index in [0.29, 0.717) is 23.2 Å². The summed E-state index contributed by atoms with van der Waals surface area (Å²) in [5, 5.41) is 17.7. The van der Waals surface area contributed by atoms with Crippen molar-refractivity contribution < 1.29 is 24.0 Å². The second-order valence-electron chi connectivity index (χ2n) is 8.92. The number of carbonyl (C=O) groups excluding carboxylic acids is 3. The number of hydrogen-bond donors (Lipinski definition) is 2. The Balaban J connectivity index is 1.66. The lowest BCUT2D eigenvalue weighted by Crippen LogP contribution is -2.53. The number of imide groups is 1. The molecule has 0 saturated carbocycles. The largest absolute Gasteiger partial charge is 0.490 e. The smallest absolute Gasteiger partial charge is 0.311 e. The highest BCUT2D eigenvalue weighted by atomic mass is 32.2. The van der Waals surface area contributed by atoms with Crippen molar-refractivity contribution in [1.29, 1.82) is 0 Å². The van der Waals surface area contributed by atoms with E-state index >= 15 is 0 Å². The molecule has 3 aliphatic heterocycles. The average Bonchev–Trinajstić information content (AvgIpc) is 3.42. The predicted octanol–water partition coefficient (Wildman–Crippen LogP) is 2.59. The molecule has 2 fully saturated rings. The standard InChI is InChI=1S/C24H24N4O6S/c1-12-10-17(28(32)33)18(34-2)11-16(12)27-21(29)19-15(8-9-35-3)26-24(20(19)22(27)30)13-6-4-5-7-14(13)25-23(24)31/h4-7,10-11,15,19-20,26H,8-9H2,1-3H3,(H,25,31)/t15-,19+,20-,24-/m0/s1. The van der Waals surface area contributed by atoms with Crippen LogP contribution in [0.5, 0.6) is 5.75 Å². The summed E-state index contributed by atoms with van der Waals surface area (Å²) in [7, 11) is 1.29. The first kappa shape index (κ1) is 23.3. The average molecular weight is 497 g/mol. The molecule has 11 heteroatoms. The molecule has 2 aromatic carbocycles. The molecule has 5 rings (SSSR count). The summed E-state index contributed by atoms with van der Waals surface area (Å²) in [6, 6.07) is 9.43. The minimum atomic E-state index is -1.37. The molecule has 35 heavy (non-hydrogen) atoms. The number of amides is 3. The van der Waals surface area contributed by atoms with E-state index in [1.54, 1.807) is 43.0 Å². The third kappa shape index (κ3) is 3.18. The fourth-order valence-corrected chi connectivity index (χ4v) is 6.19. The van der Waals surface area contributed by atoms with Gasteiger partial charge in [0, 0.05) is 29.4 Å². The number of para-hydroxylation sites is 1. The van der Waals surface area contributed by atoms with Crippen LogP contribution in [0.4, 0.5) is 17.1 Å². The molecule has 0 aliphatic carbocycles. The minimum Gasteiger partial charge on any atom is -0.490 e. The van der Waals surface area contributed by atoms with Crippen molar-refractivity contribution in [3.8, 4) is 5.75 Å². The number of methoxy groups -OCH3 is 1. The number of nitro benzene ring substituents is 1. The van der Waals surface area contributed by atoms with Gasteiger partial charge in [-0.3, -0.25) is 29.8 Å². The molecule has 0 aromatic heterocycles. The highest BCUT2D eigenvalue weighted by Crippen LogP contribution is 2.54. The van der Waals surface area contributed by atoms with Crippen molar-refractivity contribution >= 4 is 46.5 Å². The van der Waals surface area contributed by atoms with Gasteiger partial charge >= 0.3 is 5.69 Å². The van der Waals surface area contributed by atoms with Crippen LogP contribution in [0.2, 0.25) is 0 Å². The van der Waals surface area contributed by atoms with E-state index in [9.17, 15) is 24.5 Å². The molecular formula is C24H24N4O6S. The van der Waals surface area contributed by atoms with Gasteiger partial charge in [-0.25, -0.2) is 4.90 Å². The fourth-order valence-electron chi connectivity index (χ4n) is 5.70. The first-order valence-electron chi connectivity index (χ1n) is 11.1. The molecule has 0 unspecified atom stereocenters. The van der Waals surface area contributed by atoms with Crippen molar-refractivity contribution in [3.63, 3.8) is 0 Å². The molecule has 2 saturated heterocycles. The van der Waals surface area contributed by atoms with Crippen molar-refractivity contribution in [2.75, 3.05) is 29.3 Å². The van der Waals surface area contributed by atoms with Crippen LogP contribution < -0.4 is 20.3 Å². The van der Waals surface area contributed by atoms with E-state index in [4.69, 9.17) is 4.74 Å². The maximum Gasteiger partial charge on any atom is 0.311 e. The Morgan fingerprint density at radius 1 is 1.20 bits per heavy atom. The Morgan fingerprint density at radius 2 is 1.94 bits per heavy atom. The lowest BCUT2D eigenvalue weighted by molar-refractivity contribution is -0.385. The maximum atomic E-state index is 14.0. The SMILES string of the molecule is COc1cc(N2C(=O)[C@@H]3[C@H](CCSC)N[C@]4(C(=O)Nc5ccccc54)[C@@H]3C2=O)c(C)cc1[N+](=O)[O-]. The number of nitro groups is 1. The molecule has 10 nitrogen and oxygen atoms in total. The van der Waals surface area contributed by atoms with Crippen LogP contribution in [0.3, 0.4) is 0 Å². The van der Waals surface area contributed by atoms with E-state index in [1.165, 1.54) is 19.2 Å². The van der Waals surface area contributed by atoms with E-state index < -0.39 is 40.2 Å². The molecule has 0 radical (unpaired) electrons. The fraction of sp³-hybridized carbons (Fsp3) is 0.375. The Bertz CT molecular complexity index is 1280. The Kier molecular flexibility index (Phi) is 5.56. The van der Waals surface area contributed by atoms with E-state index in [2.05, 4.69) is 10.6 Å². The third-order valence-electron chi connectivity index (χ3n) is 7.19. The Hall–Kier alpha value is -3.44. The topological polar surface area (TPSA) is 131 Å². The predicted molar refractivity (Wildman–Crippen MR) is 131 cm³/mol. The van der Waals surface area contributed by atoms with Crippen molar-refractivity contribution in [2.24, 2.45) is 11.8 Å². The number of nitrogens with zero attached hydrogens (tertiary/aromatic N) is 2. The summed E-state index contributed by atoms with van der Waals surface area (Å²) in [4.78, 5) is 53.3. The number of nitrogens with one attached hydrogen (secondary N) is 2. The summed E-state index contributed by atoms with van der Waals surface area (Å²) in [5.74, 6) is -2.31. The monoisotopic (exact) mass is 496 g/mol. The maximum absolute atomic E-state index is 14.0. The molecule has 0 bridgehead atoms. The number of benzene rings is 2. The van der Waals surface area contributed by atoms with Crippen LogP contribution >= 0.6 is 11.8 Å². The number of rotatable bonds is 6. The number of carbonyl (C=O) groups is 3. The summed E-state index contributed by atoms with van der Waals surface area (Å²) < 4.78 is 5.19. The molecule has 4 atom stereocenters. The first-order chi connectivity index (χ1) is 16.8. The van der Waals surface area contributed by atoms with Crippen LogP contribution in [0, 0.1) is 28.9 Å². The number of thioether (sulfide) groups is 1. The van der Waals surface area contributed by atoms with Crippen LogP contribution in [0.25, 0.3) is 0 Å². The zero-order valence-electron chi connectivity index (χ0n) is 19.4. The van der Waals surface area contributed by atoms with Gasteiger partial charge in [-0.2, -0.15) is 11.8 Å². The zero-order chi connectivity index (χ0) is 25.1. The summed E-state index contributed by atoms with van der Waals surface area (Å²) >= 11 is 1.62. The summed E-state index contributed by atoms with van der Waals surface area (Å²) in [5.41, 5.74) is 0.243. The van der Waals surface area contributed by atoms with Crippen molar-refractivity contribution in [1.82, 2.24) is 5.32 Å². The normalized spacial score (nSPS) is 26.8. The minimum absolute atomic E-state index is 0.0519. The highest BCUT2D eigenvalue weighted by Gasteiger charge is 2.70.